The van der Waals surface area contributed by atoms with Gasteiger partial charge in [-0.2, -0.15) is 0 Å². The summed E-state index contributed by atoms with van der Waals surface area (Å²) in [6.45, 7) is 56.6. The Bertz CT molecular complexity index is 346. The fraction of sp³-hybridized carbons (Fsp3) is 0.489. The standard InChI is InChI=1S/C7H11O4.19C2H4O/c1-3-10-6(2)11-5-4-7(8)9;19*1-2-3/h4-6H,2-3H2,1H3,(H,8,9);19*1-2H2. The minimum Gasteiger partial charge on any atom is -0.478 e. The molecule has 405 valence electrons. The van der Waals surface area contributed by atoms with E-state index >= 15 is 0 Å². The fourth-order valence-electron chi connectivity index (χ4n) is 0.410. The highest BCUT2D eigenvalue weighted by Crippen LogP contribution is 1.92. The van der Waals surface area contributed by atoms with E-state index in [9.17, 15) is 4.79 Å². The summed E-state index contributed by atoms with van der Waals surface area (Å²) in [4.78, 5) is 9.91. The average molecular weight is 996 g/mol. The van der Waals surface area contributed by atoms with Gasteiger partial charge >= 0.3 is 5.97 Å². The molecule has 0 saturated carbocycles. The molecule has 0 aliphatic rings. The van der Waals surface area contributed by atoms with Crippen molar-refractivity contribution in [3.05, 3.63) is 151 Å². The lowest BCUT2D eigenvalue weighted by molar-refractivity contribution is -0.131. The van der Waals surface area contributed by atoms with Gasteiger partial charge in [-0.05, 0) is 138 Å². The smallest absolute Gasteiger partial charge is 0.331 e. The van der Waals surface area contributed by atoms with Crippen LogP contribution in [0.25, 0.3) is 0 Å². The second kappa shape index (κ2) is 338. The van der Waals surface area contributed by atoms with Gasteiger partial charge in [0.1, 0.15) is 0 Å². The van der Waals surface area contributed by atoms with Crippen LogP contribution >= 0.6 is 0 Å². The van der Waals surface area contributed by atoms with Crippen LogP contribution in [0.3, 0.4) is 0 Å². The Labute approximate surface area is 417 Å². The summed E-state index contributed by atoms with van der Waals surface area (Å²) in [6.07, 6.45) is 1.27. The van der Waals surface area contributed by atoms with E-state index in [4.69, 9.17) is 112 Å². The van der Waals surface area contributed by atoms with Crippen LogP contribution in [0.5, 0.6) is 0 Å². The molecule has 0 rings (SSSR count). The number of carboxylic acid groups (broad SMARTS) is 1. The summed E-state index contributed by atoms with van der Waals surface area (Å²) < 4.78 is 9.54. The molecule has 0 aromatic rings. The van der Waals surface area contributed by atoms with Crippen molar-refractivity contribution in [2.75, 3.05) is 132 Å². The molecule has 0 aromatic carbocycles. The molecule has 0 aliphatic carbocycles. The van der Waals surface area contributed by atoms with Crippen LogP contribution in [0, 0.1) is 138 Å². The zero-order valence-electron chi connectivity index (χ0n) is 40.9. The second-order valence-corrected chi connectivity index (χ2v) is 5.54. The number of carboxylic acids is 1. The normalized spacial score (nSPS) is 7.18. The Balaban J connectivity index is -0.0000000203. The molecule has 0 saturated heterocycles. The molecule has 0 aromatic heterocycles. The molecule has 68 heavy (non-hydrogen) atoms. The third kappa shape index (κ3) is 4940. The Morgan fingerprint density at radius 3 is 0.515 bits per heavy atom. The summed E-state index contributed by atoms with van der Waals surface area (Å²) >= 11 is 0. The van der Waals surface area contributed by atoms with Crippen LogP contribution < -0.4 is 0 Å². The summed E-state index contributed by atoms with van der Waals surface area (Å²) in [5.74, 6) is -1.06. The lowest BCUT2D eigenvalue weighted by Gasteiger charge is -2.09. The number of hydrogen-bond donors (Lipinski definition) is 1. The van der Waals surface area contributed by atoms with Crippen molar-refractivity contribution in [1.82, 2.24) is 0 Å². The lowest BCUT2D eigenvalue weighted by atomic mass is 10.6. The second-order valence-electron chi connectivity index (χ2n) is 5.54. The van der Waals surface area contributed by atoms with Gasteiger partial charge in [0.15, 0.2) is 6.29 Å². The van der Waals surface area contributed by atoms with E-state index in [1.165, 1.54) is 0 Å². The van der Waals surface area contributed by atoms with Crippen LogP contribution in [-0.4, -0.2) is 150 Å². The van der Waals surface area contributed by atoms with Gasteiger partial charge in [-0.1, -0.05) is 0 Å². The Morgan fingerprint density at radius 1 is 0.338 bits per heavy atom. The topological polar surface area (TPSA) is 434 Å². The van der Waals surface area contributed by atoms with Crippen LogP contribution in [0.15, 0.2) is 12.3 Å². The molecule has 0 heterocycles. The molecule has 1 unspecified atom stereocenters. The van der Waals surface area contributed by atoms with Gasteiger partial charge < -0.3 is 14.6 Å². The number of hydrogen-bond acceptors (Lipinski definition) is 3. The quantitative estimate of drug-likeness (QED) is 0.210. The van der Waals surface area contributed by atoms with E-state index in [0.29, 0.717) is 6.61 Å². The average Bonchev–Trinajstić information content (AvgIpc) is 3.21. The number of ether oxygens (including phenoxy) is 2. The summed E-state index contributed by atoms with van der Waals surface area (Å²) in [7, 11) is 0. The Morgan fingerprint density at radius 2 is 0.441 bits per heavy atom. The van der Waals surface area contributed by atoms with Gasteiger partial charge in [-0.25, -0.2) is 102 Å². The first-order valence-electron chi connectivity index (χ1n) is 18.1. The van der Waals surface area contributed by atoms with Crippen molar-refractivity contribution < 1.29 is 116 Å². The molecular formula is C45H87O23. The predicted molar refractivity (Wildman–Crippen MR) is 246 cm³/mol. The molecular weight excluding hydrogens is 908 g/mol. The van der Waals surface area contributed by atoms with E-state index in [-0.39, 0.29) is 126 Å². The minimum atomic E-state index is -1.06. The Kier molecular flexibility index (Phi) is 655. The SMILES string of the molecule is [CH2]C(OC=CC(=O)O)OCC.[CH2]C[O].[CH2]C[O].[CH2]C[O].[CH2]C[O].[CH2]C[O].[CH2]C[O].[CH2]C[O].[CH2]C[O].[CH2]C[O].[CH2]C[O].[CH2]C[O].[CH2]C[O].[CH2]C[O].[CH2]C[O].[CH2]C[O].[CH2]C[O].[CH2]C[O].[CH2]C[O].[CH2]C[O]. The largest absolute Gasteiger partial charge is 0.478 e. The van der Waals surface area contributed by atoms with E-state index in [1.54, 1.807) is 6.92 Å². The molecule has 0 aliphatic heterocycles. The van der Waals surface area contributed by atoms with Crippen molar-refractivity contribution in [1.29, 1.82) is 0 Å². The van der Waals surface area contributed by atoms with Crippen molar-refractivity contribution in [2.24, 2.45) is 0 Å². The molecule has 0 fully saturated rings. The van der Waals surface area contributed by atoms with E-state index in [1.807, 2.05) is 0 Å². The molecule has 1 N–H and O–H groups in total. The molecule has 23 nitrogen and oxygen atoms in total. The third-order valence-corrected chi connectivity index (χ3v) is 0.794. The maximum absolute atomic E-state index is 9.91. The zero-order valence-corrected chi connectivity index (χ0v) is 40.9. The van der Waals surface area contributed by atoms with Gasteiger partial charge in [0.2, 0.25) is 0 Å². The van der Waals surface area contributed by atoms with Crippen LogP contribution in [0.2, 0.25) is 0 Å². The van der Waals surface area contributed by atoms with Crippen molar-refractivity contribution >= 4 is 5.97 Å². The van der Waals surface area contributed by atoms with Gasteiger partial charge in [0, 0.05) is 13.5 Å². The Hall–Kier alpha value is -1.79. The molecule has 39 radical (unpaired) electrons. The van der Waals surface area contributed by atoms with Gasteiger partial charge in [0.25, 0.3) is 0 Å². The van der Waals surface area contributed by atoms with Crippen LogP contribution in [0.1, 0.15) is 6.92 Å². The maximum atomic E-state index is 9.91. The van der Waals surface area contributed by atoms with Gasteiger partial charge in [-0.15, -0.1) is 0 Å². The third-order valence-electron chi connectivity index (χ3n) is 0.794. The van der Waals surface area contributed by atoms with Crippen molar-refractivity contribution in [3.8, 4) is 0 Å². The van der Waals surface area contributed by atoms with Crippen molar-refractivity contribution in [3.63, 3.8) is 0 Å². The summed E-state index contributed by atoms with van der Waals surface area (Å²) in [5, 5.41) is 176. The fourth-order valence-corrected chi connectivity index (χ4v) is 0.410. The van der Waals surface area contributed by atoms with E-state index in [2.05, 4.69) is 138 Å². The zero-order chi connectivity index (χ0) is 60.1. The molecule has 0 amide bonds. The van der Waals surface area contributed by atoms with Crippen molar-refractivity contribution in [2.45, 2.75) is 13.2 Å². The first-order chi connectivity index (χ1) is 32.0. The van der Waals surface area contributed by atoms with Crippen LogP contribution in [-0.2, 0) is 111 Å². The molecule has 0 spiro atoms. The predicted octanol–water partition coefficient (Wildman–Crippen LogP) is 5.57. The first kappa shape index (κ1) is 132. The monoisotopic (exact) mass is 996 g/mol. The number of aliphatic carboxylic acids is 1. The highest BCUT2D eigenvalue weighted by Gasteiger charge is 1.96. The molecule has 1 atom stereocenters. The van der Waals surface area contributed by atoms with Gasteiger partial charge in [-0.3, -0.25) is 0 Å². The lowest BCUT2D eigenvalue weighted by Crippen LogP contribution is -2.09. The summed E-state index contributed by atoms with van der Waals surface area (Å²) in [6, 6.07) is 0. The minimum absolute atomic E-state index is 0.250. The first-order valence-corrected chi connectivity index (χ1v) is 18.1. The maximum Gasteiger partial charge on any atom is 0.331 e. The molecule has 0 bridgehead atoms. The molecule has 23 heteroatoms. The number of rotatable bonds is 5. The van der Waals surface area contributed by atoms with E-state index in [0.717, 1.165) is 12.3 Å². The van der Waals surface area contributed by atoms with Gasteiger partial charge in [0.05, 0.1) is 138 Å². The summed E-state index contributed by atoms with van der Waals surface area (Å²) in [5.41, 5.74) is 0. The number of carbonyl (C=O) groups is 1. The van der Waals surface area contributed by atoms with Crippen LogP contribution in [0.4, 0.5) is 0 Å². The highest BCUT2D eigenvalue weighted by molar-refractivity contribution is 5.79. The highest BCUT2D eigenvalue weighted by atomic mass is 16.7. The van der Waals surface area contributed by atoms with E-state index < -0.39 is 12.3 Å².